The van der Waals surface area contributed by atoms with E-state index in [0.29, 0.717) is 27.8 Å². The van der Waals surface area contributed by atoms with Gasteiger partial charge in [-0.15, -0.1) is 0 Å². The van der Waals surface area contributed by atoms with Crippen molar-refractivity contribution >= 4 is 35.2 Å². The van der Waals surface area contributed by atoms with Gasteiger partial charge in [0.15, 0.2) is 17.3 Å². The van der Waals surface area contributed by atoms with Crippen molar-refractivity contribution in [2.75, 3.05) is 26.6 Å². The zero-order valence-corrected chi connectivity index (χ0v) is 18.8. The lowest BCUT2D eigenvalue weighted by Crippen LogP contribution is -1.97. The maximum absolute atomic E-state index is 12.3. The highest BCUT2D eigenvalue weighted by Gasteiger charge is 2.12. The van der Waals surface area contributed by atoms with Crippen LogP contribution in [0, 0.1) is 0 Å². The molecule has 6 heteroatoms. The number of para-hydroxylation sites is 1. The van der Waals surface area contributed by atoms with Crippen molar-refractivity contribution in [1.82, 2.24) is 0 Å². The van der Waals surface area contributed by atoms with Crippen LogP contribution in [0.5, 0.6) is 17.2 Å². The van der Waals surface area contributed by atoms with Crippen LogP contribution < -0.4 is 19.5 Å². The van der Waals surface area contributed by atoms with E-state index in [1.807, 2.05) is 48.6 Å². The number of carbonyl (C=O) groups is 1. The van der Waals surface area contributed by atoms with Crippen LogP contribution in [-0.4, -0.2) is 27.1 Å². The zero-order valence-electron chi connectivity index (χ0n) is 18.1. The highest BCUT2D eigenvalue weighted by molar-refractivity contribution is 6.30. The van der Waals surface area contributed by atoms with E-state index in [1.54, 1.807) is 51.8 Å². The summed E-state index contributed by atoms with van der Waals surface area (Å²) in [4.78, 5) is 12.3. The molecule has 0 aliphatic heterocycles. The van der Waals surface area contributed by atoms with Crippen molar-refractivity contribution in [3.05, 3.63) is 94.7 Å². The fourth-order valence-electron chi connectivity index (χ4n) is 3.07. The maximum Gasteiger partial charge on any atom is 0.203 e. The number of ketones is 1. The molecule has 0 fully saturated rings. The van der Waals surface area contributed by atoms with E-state index in [-0.39, 0.29) is 5.78 Å². The van der Waals surface area contributed by atoms with Crippen molar-refractivity contribution in [2.45, 2.75) is 0 Å². The van der Waals surface area contributed by atoms with E-state index in [1.165, 1.54) is 6.08 Å². The number of halogens is 1. The van der Waals surface area contributed by atoms with E-state index >= 15 is 0 Å². The van der Waals surface area contributed by atoms with Crippen molar-refractivity contribution < 1.29 is 19.0 Å². The molecule has 5 nitrogen and oxygen atoms in total. The number of allylic oxidation sites excluding steroid dienone is 1. The molecule has 0 radical (unpaired) electrons. The van der Waals surface area contributed by atoms with Crippen molar-refractivity contribution in [1.29, 1.82) is 0 Å². The number of rotatable bonds is 9. The highest BCUT2D eigenvalue weighted by Crippen LogP contribution is 2.38. The van der Waals surface area contributed by atoms with Gasteiger partial charge in [0.2, 0.25) is 5.75 Å². The molecule has 0 saturated heterocycles. The molecule has 0 bridgehead atoms. The van der Waals surface area contributed by atoms with E-state index in [9.17, 15) is 4.79 Å². The van der Waals surface area contributed by atoms with Crippen LogP contribution >= 0.6 is 11.6 Å². The molecule has 0 spiro atoms. The number of carbonyl (C=O) groups excluding carboxylic acids is 1. The molecule has 0 unspecified atom stereocenters. The van der Waals surface area contributed by atoms with Gasteiger partial charge in [-0.25, -0.2) is 0 Å². The molecule has 164 valence electrons. The van der Waals surface area contributed by atoms with Gasteiger partial charge in [0.1, 0.15) is 0 Å². The first kappa shape index (κ1) is 23.0. The predicted molar refractivity (Wildman–Crippen MR) is 130 cm³/mol. The van der Waals surface area contributed by atoms with Crippen molar-refractivity contribution in [3.8, 4) is 17.2 Å². The summed E-state index contributed by atoms with van der Waals surface area (Å²) in [5, 5.41) is 3.77. The van der Waals surface area contributed by atoms with E-state index in [4.69, 9.17) is 25.8 Å². The molecule has 0 saturated carbocycles. The number of nitrogens with one attached hydrogen (secondary N) is 1. The standard InChI is InChI=1S/C26H24ClNO4/c1-30-24-16-18(17-25(31-2)26(24)32-3)8-9-19-6-4-5-7-22(19)28-15-14-23(29)20-10-12-21(27)13-11-20/h4-17,28H,1-3H3/b9-8-,15-14-. The first-order chi connectivity index (χ1) is 15.5. The molecule has 1 N–H and O–H groups in total. The van der Waals surface area contributed by atoms with Gasteiger partial charge < -0.3 is 19.5 Å². The van der Waals surface area contributed by atoms with Gasteiger partial charge in [-0.1, -0.05) is 42.0 Å². The number of hydrogen-bond acceptors (Lipinski definition) is 5. The average molecular weight is 450 g/mol. The van der Waals surface area contributed by atoms with Crippen LogP contribution in [0.1, 0.15) is 21.5 Å². The van der Waals surface area contributed by atoms with Crippen molar-refractivity contribution in [3.63, 3.8) is 0 Å². The Labute approximate surface area is 192 Å². The lowest BCUT2D eigenvalue weighted by molar-refractivity contribution is 0.104. The minimum atomic E-state index is -0.111. The minimum absolute atomic E-state index is 0.111. The Kier molecular flexibility index (Phi) is 7.95. The smallest absolute Gasteiger partial charge is 0.203 e. The number of methoxy groups -OCH3 is 3. The first-order valence-electron chi connectivity index (χ1n) is 9.86. The summed E-state index contributed by atoms with van der Waals surface area (Å²) in [5.74, 6) is 1.60. The van der Waals surface area contributed by atoms with Gasteiger partial charge >= 0.3 is 0 Å². The molecular formula is C26H24ClNO4. The van der Waals surface area contributed by atoms with Gasteiger partial charge in [-0.2, -0.15) is 0 Å². The van der Waals surface area contributed by atoms with Crippen LogP contribution in [0.25, 0.3) is 12.2 Å². The Morgan fingerprint density at radius 3 is 2.16 bits per heavy atom. The Bertz CT molecular complexity index is 1110. The molecule has 0 amide bonds. The topological polar surface area (TPSA) is 56.8 Å². The second-order valence-electron chi connectivity index (χ2n) is 6.73. The van der Waals surface area contributed by atoms with Gasteiger partial charge in [-0.05, 0) is 53.6 Å². The zero-order chi connectivity index (χ0) is 22.9. The predicted octanol–water partition coefficient (Wildman–Crippen LogP) is 6.34. The van der Waals surface area contributed by atoms with Gasteiger partial charge in [-0.3, -0.25) is 4.79 Å². The molecule has 0 aliphatic rings. The molecule has 0 atom stereocenters. The fourth-order valence-corrected chi connectivity index (χ4v) is 3.20. The summed E-state index contributed by atoms with van der Waals surface area (Å²) in [6.45, 7) is 0. The van der Waals surface area contributed by atoms with Crippen LogP contribution in [-0.2, 0) is 0 Å². The van der Waals surface area contributed by atoms with Crippen molar-refractivity contribution in [2.24, 2.45) is 0 Å². The summed E-state index contributed by atoms with van der Waals surface area (Å²) in [6.07, 6.45) is 7.04. The third kappa shape index (κ3) is 5.71. The molecule has 0 aromatic heterocycles. The molecule has 3 aromatic rings. The molecule has 0 aliphatic carbocycles. The summed E-state index contributed by atoms with van der Waals surface area (Å²) in [5.41, 5.74) is 3.27. The summed E-state index contributed by atoms with van der Waals surface area (Å²) in [7, 11) is 4.74. The lowest BCUT2D eigenvalue weighted by atomic mass is 10.1. The summed E-state index contributed by atoms with van der Waals surface area (Å²) < 4.78 is 16.2. The normalized spacial score (nSPS) is 11.0. The summed E-state index contributed by atoms with van der Waals surface area (Å²) >= 11 is 5.87. The average Bonchev–Trinajstić information content (AvgIpc) is 2.82. The first-order valence-corrected chi connectivity index (χ1v) is 10.2. The van der Waals surface area contributed by atoms with E-state index in [2.05, 4.69) is 5.32 Å². The van der Waals surface area contributed by atoms with Gasteiger partial charge in [0.05, 0.1) is 21.3 Å². The van der Waals surface area contributed by atoms with Crippen LogP contribution in [0.15, 0.2) is 72.9 Å². The highest BCUT2D eigenvalue weighted by atomic mass is 35.5. The quantitative estimate of drug-likeness (QED) is 0.234. The number of ether oxygens (including phenoxy) is 3. The second kappa shape index (κ2) is 11.1. The van der Waals surface area contributed by atoms with Crippen LogP contribution in [0.4, 0.5) is 5.69 Å². The third-order valence-electron chi connectivity index (χ3n) is 4.71. The number of hydrogen-bond donors (Lipinski definition) is 1. The third-order valence-corrected chi connectivity index (χ3v) is 4.96. The van der Waals surface area contributed by atoms with Gasteiger partial charge in [0.25, 0.3) is 0 Å². The second-order valence-corrected chi connectivity index (χ2v) is 7.16. The molecule has 32 heavy (non-hydrogen) atoms. The Morgan fingerprint density at radius 1 is 0.875 bits per heavy atom. The SMILES string of the molecule is COc1cc(/C=C\c2ccccc2N/C=C\C(=O)c2ccc(Cl)cc2)cc(OC)c1OC. The largest absolute Gasteiger partial charge is 0.493 e. The summed E-state index contributed by atoms with van der Waals surface area (Å²) in [6, 6.07) is 18.3. The molecular weight excluding hydrogens is 426 g/mol. The maximum atomic E-state index is 12.3. The van der Waals surface area contributed by atoms with Gasteiger partial charge in [0, 0.05) is 28.5 Å². The lowest BCUT2D eigenvalue weighted by Gasteiger charge is -2.13. The monoisotopic (exact) mass is 449 g/mol. The van der Waals surface area contributed by atoms with Crippen LogP contribution in [0.2, 0.25) is 5.02 Å². The molecule has 3 aromatic carbocycles. The molecule has 0 heterocycles. The van der Waals surface area contributed by atoms with E-state index < -0.39 is 0 Å². The Balaban J connectivity index is 1.77. The van der Waals surface area contributed by atoms with E-state index in [0.717, 1.165) is 16.8 Å². The minimum Gasteiger partial charge on any atom is -0.493 e. The molecule has 3 rings (SSSR count). The van der Waals surface area contributed by atoms with Crippen LogP contribution in [0.3, 0.4) is 0 Å². The number of anilines is 1. The Morgan fingerprint density at radius 2 is 1.53 bits per heavy atom. The number of benzene rings is 3. The Hall–Kier alpha value is -3.70. The fraction of sp³-hybridized carbons (Fsp3) is 0.115.